The van der Waals surface area contributed by atoms with Crippen LogP contribution in [-0.4, -0.2) is 10.1 Å². The van der Waals surface area contributed by atoms with Crippen LogP contribution in [0.15, 0.2) is 36.7 Å². The van der Waals surface area contributed by atoms with Crippen molar-refractivity contribution in [3.63, 3.8) is 0 Å². The van der Waals surface area contributed by atoms with Crippen molar-refractivity contribution in [2.75, 3.05) is 0 Å². The molecular weight excluding hydrogens is 234 g/mol. The van der Waals surface area contributed by atoms with Gasteiger partial charge in [0, 0.05) is 17.8 Å². The Bertz CT molecular complexity index is 589. The molecule has 0 bridgehead atoms. The van der Waals surface area contributed by atoms with Crippen LogP contribution in [0.3, 0.4) is 0 Å². The first-order valence-corrected chi connectivity index (χ1v) is 7.18. The Labute approximate surface area is 114 Å². The second-order valence-corrected chi connectivity index (χ2v) is 5.98. The van der Waals surface area contributed by atoms with E-state index in [4.69, 9.17) is 0 Å². The zero-order valence-corrected chi connectivity index (χ0v) is 11.6. The quantitative estimate of drug-likeness (QED) is 0.839. The van der Waals surface area contributed by atoms with Gasteiger partial charge in [0.2, 0.25) is 0 Å². The predicted molar refractivity (Wildman–Crippen MR) is 77.8 cm³/mol. The van der Waals surface area contributed by atoms with Crippen molar-refractivity contribution in [2.24, 2.45) is 11.8 Å². The third-order valence-electron chi connectivity index (χ3n) is 4.97. The fourth-order valence-corrected chi connectivity index (χ4v) is 3.52. The second kappa shape index (κ2) is 4.61. The summed E-state index contributed by atoms with van der Waals surface area (Å²) < 4.78 is 0. The highest BCUT2D eigenvalue weighted by atomic mass is 16.3. The minimum atomic E-state index is -0.696. The van der Waals surface area contributed by atoms with E-state index in [-0.39, 0.29) is 0 Å². The van der Waals surface area contributed by atoms with Crippen LogP contribution in [0, 0.1) is 11.8 Å². The van der Waals surface area contributed by atoms with Gasteiger partial charge in [-0.1, -0.05) is 38.5 Å². The SMILES string of the molecule is CC1CCCC(O)(c2cccc3cnccc23)C1C. The van der Waals surface area contributed by atoms with Crippen molar-refractivity contribution in [2.45, 2.75) is 38.7 Å². The van der Waals surface area contributed by atoms with Crippen molar-refractivity contribution >= 4 is 10.8 Å². The van der Waals surface area contributed by atoms with Gasteiger partial charge in [0.25, 0.3) is 0 Å². The average Bonchev–Trinajstić information content (AvgIpc) is 2.44. The molecule has 2 aromatic rings. The van der Waals surface area contributed by atoms with Crippen LogP contribution in [0.1, 0.15) is 38.7 Å². The molecule has 0 aliphatic heterocycles. The van der Waals surface area contributed by atoms with Crippen LogP contribution < -0.4 is 0 Å². The van der Waals surface area contributed by atoms with Crippen LogP contribution in [0.5, 0.6) is 0 Å². The molecule has 1 heterocycles. The van der Waals surface area contributed by atoms with Crippen molar-refractivity contribution in [1.82, 2.24) is 4.98 Å². The van der Waals surface area contributed by atoms with Crippen LogP contribution in [0.25, 0.3) is 10.8 Å². The summed E-state index contributed by atoms with van der Waals surface area (Å²) in [5.74, 6) is 0.857. The second-order valence-electron chi connectivity index (χ2n) is 5.98. The molecule has 0 amide bonds. The molecule has 3 rings (SSSR count). The maximum atomic E-state index is 11.3. The largest absolute Gasteiger partial charge is 0.385 e. The van der Waals surface area contributed by atoms with E-state index in [1.165, 1.54) is 6.42 Å². The first-order valence-electron chi connectivity index (χ1n) is 7.18. The zero-order chi connectivity index (χ0) is 13.5. The van der Waals surface area contributed by atoms with Gasteiger partial charge < -0.3 is 5.11 Å². The predicted octanol–water partition coefficient (Wildman–Crippen LogP) is 3.88. The minimum absolute atomic E-state index is 0.292. The summed E-state index contributed by atoms with van der Waals surface area (Å²) in [5, 5.41) is 13.5. The monoisotopic (exact) mass is 255 g/mol. The molecule has 3 atom stereocenters. The molecule has 1 aromatic heterocycles. The van der Waals surface area contributed by atoms with Crippen molar-refractivity contribution in [3.05, 3.63) is 42.2 Å². The summed E-state index contributed by atoms with van der Waals surface area (Å²) in [6, 6.07) is 8.20. The van der Waals surface area contributed by atoms with E-state index in [1.54, 1.807) is 0 Å². The lowest BCUT2D eigenvalue weighted by atomic mass is 9.67. The Morgan fingerprint density at radius 1 is 1.26 bits per heavy atom. The molecule has 1 fully saturated rings. The normalized spacial score (nSPS) is 31.5. The third kappa shape index (κ3) is 1.95. The lowest BCUT2D eigenvalue weighted by Crippen LogP contribution is -2.40. The fourth-order valence-electron chi connectivity index (χ4n) is 3.52. The number of hydrogen-bond acceptors (Lipinski definition) is 2. The topological polar surface area (TPSA) is 33.1 Å². The lowest BCUT2D eigenvalue weighted by Gasteiger charge is -2.43. The molecule has 100 valence electrons. The van der Waals surface area contributed by atoms with E-state index in [0.717, 1.165) is 29.2 Å². The Morgan fingerprint density at radius 3 is 2.95 bits per heavy atom. The maximum absolute atomic E-state index is 11.3. The maximum Gasteiger partial charge on any atom is 0.0930 e. The van der Waals surface area contributed by atoms with Gasteiger partial charge >= 0.3 is 0 Å². The molecule has 1 aromatic carbocycles. The molecule has 1 saturated carbocycles. The van der Waals surface area contributed by atoms with Gasteiger partial charge in [-0.2, -0.15) is 0 Å². The lowest BCUT2D eigenvalue weighted by molar-refractivity contribution is -0.0676. The molecule has 1 aliphatic carbocycles. The summed E-state index contributed by atoms with van der Waals surface area (Å²) in [5.41, 5.74) is 0.380. The van der Waals surface area contributed by atoms with Gasteiger partial charge in [-0.3, -0.25) is 4.98 Å². The van der Waals surface area contributed by atoms with E-state index < -0.39 is 5.60 Å². The molecule has 3 unspecified atom stereocenters. The Morgan fingerprint density at radius 2 is 2.11 bits per heavy atom. The number of hydrogen-bond donors (Lipinski definition) is 1. The van der Waals surface area contributed by atoms with Crippen molar-refractivity contribution in [3.8, 4) is 0 Å². The smallest absolute Gasteiger partial charge is 0.0930 e. The van der Waals surface area contributed by atoms with Crippen LogP contribution in [0.4, 0.5) is 0 Å². The highest BCUT2D eigenvalue weighted by Crippen LogP contribution is 2.46. The summed E-state index contributed by atoms with van der Waals surface area (Å²) >= 11 is 0. The van der Waals surface area contributed by atoms with E-state index >= 15 is 0 Å². The van der Waals surface area contributed by atoms with Crippen LogP contribution in [-0.2, 0) is 5.60 Å². The molecule has 2 nitrogen and oxygen atoms in total. The fraction of sp³-hybridized carbons (Fsp3) is 0.471. The Balaban J connectivity index is 2.18. The number of aliphatic hydroxyl groups is 1. The van der Waals surface area contributed by atoms with Crippen LogP contribution in [0.2, 0.25) is 0 Å². The number of fused-ring (bicyclic) bond motifs is 1. The average molecular weight is 255 g/mol. The van der Waals surface area contributed by atoms with Gasteiger partial charge in [-0.15, -0.1) is 0 Å². The van der Waals surface area contributed by atoms with Gasteiger partial charge in [0.15, 0.2) is 0 Å². The molecule has 19 heavy (non-hydrogen) atoms. The summed E-state index contributed by atoms with van der Waals surface area (Å²) in [7, 11) is 0. The summed E-state index contributed by atoms with van der Waals surface area (Å²) in [6.07, 6.45) is 6.87. The first-order chi connectivity index (χ1) is 9.13. The molecule has 1 aliphatic rings. The van der Waals surface area contributed by atoms with Crippen LogP contribution >= 0.6 is 0 Å². The zero-order valence-electron chi connectivity index (χ0n) is 11.6. The van der Waals surface area contributed by atoms with E-state index in [9.17, 15) is 5.11 Å². The highest BCUT2D eigenvalue weighted by Gasteiger charge is 2.41. The minimum Gasteiger partial charge on any atom is -0.385 e. The third-order valence-corrected chi connectivity index (χ3v) is 4.97. The molecule has 2 heteroatoms. The molecule has 0 spiro atoms. The summed E-state index contributed by atoms with van der Waals surface area (Å²) in [4.78, 5) is 4.17. The molecule has 0 radical (unpaired) electrons. The van der Waals surface area contributed by atoms with Gasteiger partial charge in [0.1, 0.15) is 0 Å². The van der Waals surface area contributed by atoms with E-state index in [1.807, 2.05) is 24.5 Å². The van der Waals surface area contributed by atoms with Gasteiger partial charge in [-0.05, 0) is 41.7 Å². The van der Waals surface area contributed by atoms with E-state index in [2.05, 4.69) is 31.0 Å². The summed E-state index contributed by atoms with van der Waals surface area (Å²) in [6.45, 7) is 4.44. The molecular formula is C17H21NO. The van der Waals surface area contributed by atoms with Crippen molar-refractivity contribution in [1.29, 1.82) is 0 Å². The highest BCUT2D eigenvalue weighted by molar-refractivity contribution is 5.85. The molecule has 0 saturated heterocycles. The standard InChI is InChI=1S/C17H21NO/c1-12-5-4-9-17(19,13(12)2)16-7-3-6-14-11-18-10-8-15(14)16/h3,6-8,10-13,19H,4-5,9H2,1-2H3. The van der Waals surface area contributed by atoms with Gasteiger partial charge in [-0.25, -0.2) is 0 Å². The molecule has 1 N–H and O–H groups in total. The Kier molecular flexibility index (Phi) is 3.06. The van der Waals surface area contributed by atoms with Gasteiger partial charge in [0.05, 0.1) is 5.60 Å². The number of benzene rings is 1. The number of pyridine rings is 1. The number of nitrogens with zero attached hydrogens (tertiary/aromatic N) is 1. The number of aromatic nitrogens is 1. The number of rotatable bonds is 1. The van der Waals surface area contributed by atoms with E-state index in [0.29, 0.717) is 11.8 Å². The van der Waals surface area contributed by atoms with Crippen molar-refractivity contribution < 1.29 is 5.11 Å². The Hall–Kier alpha value is -1.41. The first kappa shape index (κ1) is 12.6.